The quantitative estimate of drug-likeness (QED) is 0.526. The number of alkyl halides is 1. The lowest BCUT2D eigenvalue weighted by Gasteiger charge is -2.07. The Morgan fingerprint density at radius 3 is 2.85 bits per heavy atom. The van der Waals surface area contributed by atoms with Crippen LogP contribution in [-0.2, 0) is 4.79 Å². The molecule has 0 aliphatic carbocycles. The zero-order chi connectivity index (χ0) is 10.1. The minimum Gasteiger partial charge on any atom is -0.356 e. The van der Waals surface area contributed by atoms with Crippen LogP contribution in [0.5, 0.6) is 0 Å². The molecule has 1 N–H and O–H groups in total. The fourth-order valence-electron chi connectivity index (χ4n) is 0.785. The number of halogens is 1. The summed E-state index contributed by atoms with van der Waals surface area (Å²) < 4.78 is 0. The molecule has 0 aromatic heterocycles. The van der Waals surface area contributed by atoms with E-state index in [4.69, 9.17) is 16.9 Å². The van der Waals surface area contributed by atoms with Gasteiger partial charge in [-0.1, -0.05) is 6.92 Å². The van der Waals surface area contributed by atoms with Crippen molar-refractivity contribution >= 4 is 17.5 Å². The Balaban J connectivity index is 3.33. The maximum absolute atomic E-state index is 11.1. The fourth-order valence-corrected chi connectivity index (χ4v) is 0.925. The molecule has 0 aliphatic heterocycles. The fraction of sp³-hybridized carbons (Fsp3) is 0.778. The van der Waals surface area contributed by atoms with Crippen LogP contribution in [-0.4, -0.2) is 18.3 Å². The second kappa shape index (κ2) is 7.88. The minimum absolute atomic E-state index is 0.00745. The molecule has 0 saturated heterocycles. The molecule has 4 heteroatoms. The van der Waals surface area contributed by atoms with E-state index in [9.17, 15) is 4.79 Å². The number of hydrogen-bond acceptors (Lipinski definition) is 2. The van der Waals surface area contributed by atoms with Gasteiger partial charge in [0.25, 0.3) is 0 Å². The van der Waals surface area contributed by atoms with Crippen molar-refractivity contribution in [2.75, 3.05) is 12.4 Å². The number of nitrogens with zero attached hydrogens (tertiary/aromatic N) is 1. The van der Waals surface area contributed by atoms with E-state index in [0.29, 0.717) is 18.8 Å². The Morgan fingerprint density at radius 1 is 1.62 bits per heavy atom. The van der Waals surface area contributed by atoms with Gasteiger partial charge in [0.15, 0.2) is 0 Å². The third-order valence-corrected chi connectivity index (χ3v) is 2.16. The van der Waals surface area contributed by atoms with Crippen LogP contribution < -0.4 is 5.32 Å². The Bertz CT molecular complexity index is 189. The van der Waals surface area contributed by atoms with E-state index in [1.807, 2.05) is 0 Å². The lowest BCUT2D eigenvalue weighted by atomic mass is 10.2. The summed E-state index contributed by atoms with van der Waals surface area (Å²) in [5, 5.41) is 11.0. The first kappa shape index (κ1) is 12.2. The van der Waals surface area contributed by atoms with Crippen LogP contribution in [0.3, 0.4) is 0 Å². The molecule has 0 fully saturated rings. The van der Waals surface area contributed by atoms with Crippen molar-refractivity contribution in [1.82, 2.24) is 5.32 Å². The zero-order valence-electron chi connectivity index (χ0n) is 7.85. The van der Waals surface area contributed by atoms with Crippen molar-refractivity contribution < 1.29 is 4.79 Å². The van der Waals surface area contributed by atoms with Crippen molar-refractivity contribution in [3.8, 4) is 6.07 Å². The van der Waals surface area contributed by atoms with E-state index in [1.165, 1.54) is 0 Å². The predicted molar refractivity (Wildman–Crippen MR) is 52.4 cm³/mol. The van der Waals surface area contributed by atoms with Crippen molar-refractivity contribution in [2.45, 2.75) is 26.2 Å². The summed E-state index contributed by atoms with van der Waals surface area (Å²) in [6, 6.07) is 2.06. The van der Waals surface area contributed by atoms with Gasteiger partial charge in [0, 0.05) is 24.8 Å². The van der Waals surface area contributed by atoms with Gasteiger partial charge >= 0.3 is 0 Å². The molecule has 0 bridgehead atoms. The Labute approximate surface area is 84.1 Å². The summed E-state index contributed by atoms with van der Waals surface area (Å²) in [5.41, 5.74) is 0. The first-order valence-electron chi connectivity index (χ1n) is 4.43. The molecule has 74 valence electrons. The van der Waals surface area contributed by atoms with E-state index in [1.54, 1.807) is 6.92 Å². The molecule has 0 rings (SSSR count). The van der Waals surface area contributed by atoms with Gasteiger partial charge < -0.3 is 5.32 Å². The van der Waals surface area contributed by atoms with E-state index in [2.05, 4.69) is 11.4 Å². The predicted octanol–water partition coefficient (Wildman–Crippen LogP) is 1.67. The normalized spacial score (nSPS) is 11.8. The SMILES string of the molecule is CC(CCl)C(=O)NCCCCC#N. The summed E-state index contributed by atoms with van der Waals surface area (Å²) in [5.74, 6) is 0.217. The number of nitriles is 1. The minimum atomic E-state index is -0.127. The number of nitrogens with one attached hydrogen (secondary N) is 1. The molecule has 0 spiro atoms. The molecular weight excluding hydrogens is 188 g/mol. The molecule has 0 saturated carbocycles. The summed E-state index contributed by atoms with van der Waals surface area (Å²) in [6.07, 6.45) is 2.25. The Hall–Kier alpha value is -0.750. The molecule has 1 atom stereocenters. The second-order valence-electron chi connectivity index (χ2n) is 2.96. The van der Waals surface area contributed by atoms with Gasteiger partial charge in [-0.3, -0.25) is 4.79 Å². The van der Waals surface area contributed by atoms with Crippen molar-refractivity contribution in [2.24, 2.45) is 5.92 Å². The number of hydrogen-bond donors (Lipinski definition) is 1. The van der Waals surface area contributed by atoms with Crippen LogP contribution in [0.1, 0.15) is 26.2 Å². The molecule has 3 nitrogen and oxygen atoms in total. The van der Waals surface area contributed by atoms with Gasteiger partial charge in [-0.05, 0) is 12.8 Å². The van der Waals surface area contributed by atoms with Crippen LogP contribution in [0.2, 0.25) is 0 Å². The van der Waals surface area contributed by atoms with Gasteiger partial charge in [0.05, 0.1) is 6.07 Å². The topological polar surface area (TPSA) is 52.9 Å². The third kappa shape index (κ3) is 6.41. The molecule has 0 aromatic carbocycles. The number of amides is 1. The Kier molecular flexibility index (Phi) is 7.42. The van der Waals surface area contributed by atoms with E-state index in [0.717, 1.165) is 12.8 Å². The van der Waals surface area contributed by atoms with Crippen LogP contribution in [0.25, 0.3) is 0 Å². The van der Waals surface area contributed by atoms with Gasteiger partial charge in [0.1, 0.15) is 0 Å². The van der Waals surface area contributed by atoms with E-state index in [-0.39, 0.29) is 11.8 Å². The molecule has 13 heavy (non-hydrogen) atoms. The third-order valence-electron chi connectivity index (χ3n) is 1.69. The van der Waals surface area contributed by atoms with Gasteiger partial charge in [-0.25, -0.2) is 0 Å². The first-order valence-corrected chi connectivity index (χ1v) is 4.96. The highest BCUT2D eigenvalue weighted by atomic mass is 35.5. The summed E-state index contributed by atoms with van der Waals surface area (Å²) >= 11 is 5.51. The highest BCUT2D eigenvalue weighted by Crippen LogP contribution is 1.98. The number of rotatable bonds is 6. The highest BCUT2D eigenvalue weighted by Gasteiger charge is 2.09. The molecular formula is C9H15ClN2O. The molecule has 0 aliphatic rings. The van der Waals surface area contributed by atoms with Gasteiger partial charge in [-0.2, -0.15) is 5.26 Å². The maximum atomic E-state index is 11.1. The standard InChI is InChI=1S/C9H15ClN2O/c1-8(7-10)9(13)12-6-4-2-3-5-11/h8H,2-4,6-7H2,1H3,(H,12,13). The van der Waals surface area contributed by atoms with Crippen molar-refractivity contribution in [3.05, 3.63) is 0 Å². The lowest BCUT2D eigenvalue weighted by molar-refractivity contribution is -0.123. The summed E-state index contributed by atoms with van der Waals surface area (Å²) in [7, 11) is 0. The Morgan fingerprint density at radius 2 is 2.31 bits per heavy atom. The molecule has 0 aromatic rings. The average molecular weight is 203 g/mol. The van der Waals surface area contributed by atoms with Crippen molar-refractivity contribution in [1.29, 1.82) is 5.26 Å². The van der Waals surface area contributed by atoms with Gasteiger partial charge in [0.2, 0.25) is 5.91 Å². The smallest absolute Gasteiger partial charge is 0.224 e. The van der Waals surface area contributed by atoms with E-state index >= 15 is 0 Å². The van der Waals surface area contributed by atoms with Crippen LogP contribution in [0.4, 0.5) is 0 Å². The molecule has 1 unspecified atom stereocenters. The summed E-state index contributed by atoms with van der Waals surface area (Å²) in [6.45, 7) is 2.43. The van der Waals surface area contributed by atoms with Crippen molar-refractivity contribution in [3.63, 3.8) is 0 Å². The van der Waals surface area contributed by atoms with Crippen LogP contribution >= 0.6 is 11.6 Å². The average Bonchev–Trinajstić information content (AvgIpc) is 2.16. The molecule has 0 heterocycles. The first-order chi connectivity index (χ1) is 6.22. The molecule has 1 amide bonds. The zero-order valence-corrected chi connectivity index (χ0v) is 8.60. The lowest BCUT2D eigenvalue weighted by Crippen LogP contribution is -2.30. The maximum Gasteiger partial charge on any atom is 0.224 e. The highest BCUT2D eigenvalue weighted by molar-refractivity contribution is 6.19. The van der Waals surface area contributed by atoms with Crippen LogP contribution in [0, 0.1) is 17.2 Å². The number of unbranched alkanes of at least 4 members (excludes halogenated alkanes) is 2. The van der Waals surface area contributed by atoms with Crippen LogP contribution in [0.15, 0.2) is 0 Å². The second-order valence-corrected chi connectivity index (χ2v) is 3.27. The molecule has 0 radical (unpaired) electrons. The summed E-state index contributed by atoms with van der Waals surface area (Å²) in [4.78, 5) is 11.1. The monoisotopic (exact) mass is 202 g/mol. The number of carbonyl (C=O) groups is 1. The van der Waals surface area contributed by atoms with Gasteiger partial charge in [-0.15, -0.1) is 11.6 Å². The largest absolute Gasteiger partial charge is 0.356 e. The van der Waals surface area contributed by atoms with E-state index < -0.39 is 0 Å². The number of carbonyl (C=O) groups excluding carboxylic acids is 1.